The summed E-state index contributed by atoms with van der Waals surface area (Å²) in [6, 6.07) is 19.4. The molecule has 0 bridgehead atoms. The zero-order chi connectivity index (χ0) is 20.6. The molecule has 0 radical (unpaired) electrons. The number of ether oxygens (including phenoxy) is 3. The molecule has 0 unspecified atom stereocenters. The number of pyridine rings is 1. The number of amides is 1. The first kappa shape index (κ1) is 18.5. The summed E-state index contributed by atoms with van der Waals surface area (Å²) < 4.78 is 16.1. The Morgan fingerprint density at radius 2 is 1.87 bits per heavy atom. The first-order valence-corrected chi connectivity index (χ1v) is 9.97. The number of anilines is 1. The van der Waals surface area contributed by atoms with E-state index in [0.717, 1.165) is 41.2 Å². The molecule has 0 atom stereocenters. The van der Waals surface area contributed by atoms with E-state index in [2.05, 4.69) is 10.3 Å². The minimum Gasteiger partial charge on any atom is -0.497 e. The van der Waals surface area contributed by atoms with Gasteiger partial charge in [0.1, 0.15) is 11.6 Å². The highest BCUT2D eigenvalue weighted by molar-refractivity contribution is 6.01. The van der Waals surface area contributed by atoms with Crippen molar-refractivity contribution in [3.8, 4) is 17.2 Å². The van der Waals surface area contributed by atoms with Gasteiger partial charge in [0.25, 0.3) is 0 Å². The molecule has 1 N–H and O–H groups in total. The van der Waals surface area contributed by atoms with Gasteiger partial charge in [-0.05, 0) is 60.4 Å². The summed E-state index contributed by atoms with van der Waals surface area (Å²) >= 11 is 0. The van der Waals surface area contributed by atoms with E-state index in [4.69, 9.17) is 14.2 Å². The Labute approximate surface area is 174 Å². The van der Waals surface area contributed by atoms with E-state index < -0.39 is 5.41 Å². The first-order valence-electron chi connectivity index (χ1n) is 9.97. The lowest BCUT2D eigenvalue weighted by atomic mass is 9.94. The molecule has 152 valence electrons. The number of aromatic nitrogens is 1. The summed E-state index contributed by atoms with van der Waals surface area (Å²) in [5, 5.41) is 3.01. The largest absolute Gasteiger partial charge is 0.497 e. The quantitative estimate of drug-likeness (QED) is 0.673. The van der Waals surface area contributed by atoms with Crippen LogP contribution in [0.2, 0.25) is 0 Å². The Morgan fingerprint density at radius 3 is 2.63 bits per heavy atom. The molecular formula is C24H22N2O4. The summed E-state index contributed by atoms with van der Waals surface area (Å²) in [4.78, 5) is 17.7. The third-order valence-electron chi connectivity index (χ3n) is 5.70. The van der Waals surface area contributed by atoms with Crippen LogP contribution in [0.1, 0.15) is 29.7 Å². The number of fused-ring (bicyclic) bond motifs is 1. The van der Waals surface area contributed by atoms with Gasteiger partial charge in [0.05, 0.1) is 12.5 Å². The Hall–Kier alpha value is -3.54. The Bertz CT molecular complexity index is 1090. The fourth-order valence-corrected chi connectivity index (χ4v) is 3.80. The van der Waals surface area contributed by atoms with Crippen molar-refractivity contribution in [1.82, 2.24) is 4.98 Å². The van der Waals surface area contributed by atoms with Crippen molar-refractivity contribution in [2.24, 2.45) is 0 Å². The van der Waals surface area contributed by atoms with Gasteiger partial charge >= 0.3 is 0 Å². The van der Waals surface area contributed by atoms with Crippen LogP contribution in [-0.2, 0) is 16.6 Å². The van der Waals surface area contributed by atoms with E-state index in [0.29, 0.717) is 18.0 Å². The third-order valence-corrected chi connectivity index (χ3v) is 5.70. The number of hydrogen-bond acceptors (Lipinski definition) is 5. The molecule has 5 rings (SSSR count). The van der Waals surface area contributed by atoms with E-state index in [1.165, 1.54) is 0 Å². The van der Waals surface area contributed by atoms with Crippen molar-refractivity contribution in [2.45, 2.75) is 24.7 Å². The Morgan fingerprint density at radius 1 is 1.07 bits per heavy atom. The minimum atomic E-state index is -0.519. The smallest absolute Gasteiger partial charge is 0.236 e. The summed E-state index contributed by atoms with van der Waals surface area (Å²) in [5.41, 5.74) is 2.46. The van der Waals surface area contributed by atoms with E-state index in [1.807, 2.05) is 60.7 Å². The minimum absolute atomic E-state index is 0.0320. The molecule has 6 nitrogen and oxygen atoms in total. The highest BCUT2D eigenvalue weighted by Crippen LogP contribution is 2.51. The standard InChI is InChI=1S/C24H22N2O4/c1-28-19-8-5-16(6-9-19)13-18-3-2-4-22(25-18)26-23(27)24(11-12-24)17-7-10-20-21(14-17)30-15-29-20/h2-10,14H,11-13,15H2,1H3,(H,25,26,27). The molecule has 30 heavy (non-hydrogen) atoms. The molecular weight excluding hydrogens is 380 g/mol. The van der Waals surface area contributed by atoms with Crippen molar-refractivity contribution in [3.63, 3.8) is 0 Å². The highest BCUT2D eigenvalue weighted by Gasteiger charge is 2.51. The van der Waals surface area contributed by atoms with Crippen LogP contribution in [0.3, 0.4) is 0 Å². The SMILES string of the molecule is COc1ccc(Cc2cccc(NC(=O)C3(c4ccc5c(c4)OCO5)CC3)n2)cc1. The number of nitrogens with one attached hydrogen (secondary N) is 1. The summed E-state index contributed by atoms with van der Waals surface area (Å²) in [6.45, 7) is 0.225. The molecule has 6 heteroatoms. The molecule has 3 aromatic rings. The Kier molecular flexibility index (Phi) is 4.54. The number of hydrogen-bond donors (Lipinski definition) is 1. The summed E-state index contributed by atoms with van der Waals surface area (Å²) in [6.07, 6.45) is 2.30. The van der Waals surface area contributed by atoms with Crippen molar-refractivity contribution in [3.05, 3.63) is 77.5 Å². The first-order chi connectivity index (χ1) is 14.7. The normalized spacial score (nSPS) is 15.5. The fraction of sp³-hybridized carbons (Fsp3) is 0.250. The Balaban J connectivity index is 1.31. The summed E-state index contributed by atoms with van der Waals surface area (Å²) in [5.74, 6) is 2.79. The van der Waals surface area contributed by atoms with Crippen LogP contribution < -0.4 is 19.5 Å². The van der Waals surface area contributed by atoms with Crippen molar-refractivity contribution in [1.29, 1.82) is 0 Å². The van der Waals surface area contributed by atoms with E-state index in [1.54, 1.807) is 7.11 Å². The van der Waals surface area contributed by atoms with Crippen LogP contribution in [0.15, 0.2) is 60.7 Å². The summed E-state index contributed by atoms with van der Waals surface area (Å²) in [7, 11) is 1.65. The van der Waals surface area contributed by atoms with Crippen LogP contribution in [0.5, 0.6) is 17.2 Å². The monoisotopic (exact) mass is 402 g/mol. The number of nitrogens with zero attached hydrogens (tertiary/aromatic N) is 1. The zero-order valence-electron chi connectivity index (χ0n) is 16.7. The fourth-order valence-electron chi connectivity index (χ4n) is 3.80. The number of methoxy groups -OCH3 is 1. The second-order valence-electron chi connectivity index (χ2n) is 7.64. The van der Waals surface area contributed by atoms with Gasteiger partial charge in [-0.3, -0.25) is 4.79 Å². The van der Waals surface area contributed by atoms with Gasteiger partial charge in [0, 0.05) is 12.1 Å². The van der Waals surface area contributed by atoms with Gasteiger partial charge in [-0.25, -0.2) is 4.98 Å². The predicted octanol–water partition coefficient (Wildman–Crippen LogP) is 4.08. The molecule has 2 aliphatic rings. The molecule has 0 spiro atoms. The van der Waals surface area contributed by atoms with Crippen LogP contribution in [0.4, 0.5) is 5.82 Å². The second-order valence-corrected chi connectivity index (χ2v) is 7.64. The molecule has 1 aliphatic carbocycles. The van der Waals surface area contributed by atoms with Crippen molar-refractivity contribution >= 4 is 11.7 Å². The second kappa shape index (κ2) is 7.37. The van der Waals surface area contributed by atoms with E-state index in [9.17, 15) is 4.79 Å². The lowest BCUT2D eigenvalue weighted by Gasteiger charge is -2.16. The van der Waals surface area contributed by atoms with Crippen LogP contribution in [0.25, 0.3) is 0 Å². The topological polar surface area (TPSA) is 69.7 Å². The zero-order valence-corrected chi connectivity index (χ0v) is 16.7. The van der Waals surface area contributed by atoms with Gasteiger partial charge in [0.15, 0.2) is 11.5 Å². The molecule has 0 saturated heterocycles. The highest BCUT2D eigenvalue weighted by atomic mass is 16.7. The van der Waals surface area contributed by atoms with Gasteiger partial charge in [-0.2, -0.15) is 0 Å². The molecule has 2 heterocycles. The lowest BCUT2D eigenvalue weighted by molar-refractivity contribution is -0.118. The maximum absolute atomic E-state index is 13.1. The molecule has 1 saturated carbocycles. The molecule has 1 fully saturated rings. The van der Waals surface area contributed by atoms with E-state index >= 15 is 0 Å². The van der Waals surface area contributed by atoms with Gasteiger partial charge in [-0.1, -0.05) is 24.3 Å². The molecule has 1 aliphatic heterocycles. The number of carbonyl (C=O) groups excluding carboxylic acids is 1. The average Bonchev–Trinajstić information content (AvgIpc) is 3.45. The van der Waals surface area contributed by atoms with Gasteiger partial charge < -0.3 is 19.5 Å². The number of rotatable bonds is 6. The number of carbonyl (C=O) groups is 1. The molecule has 1 aromatic heterocycles. The van der Waals surface area contributed by atoms with Crippen LogP contribution >= 0.6 is 0 Å². The maximum atomic E-state index is 13.1. The van der Waals surface area contributed by atoms with Gasteiger partial charge in [0.2, 0.25) is 12.7 Å². The molecule has 2 aromatic carbocycles. The lowest BCUT2D eigenvalue weighted by Crippen LogP contribution is -2.28. The molecule has 1 amide bonds. The number of benzene rings is 2. The van der Waals surface area contributed by atoms with Crippen LogP contribution in [0, 0.1) is 0 Å². The predicted molar refractivity (Wildman–Crippen MR) is 112 cm³/mol. The third kappa shape index (κ3) is 3.45. The van der Waals surface area contributed by atoms with Gasteiger partial charge in [-0.15, -0.1) is 0 Å². The van der Waals surface area contributed by atoms with Crippen molar-refractivity contribution in [2.75, 3.05) is 19.2 Å². The van der Waals surface area contributed by atoms with Crippen LogP contribution in [-0.4, -0.2) is 24.8 Å². The average molecular weight is 402 g/mol. The maximum Gasteiger partial charge on any atom is 0.236 e. The van der Waals surface area contributed by atoms with Crippen molar-refractivity contribution < 1.29 is 19.0 Å². The van der Waals surface area contributed by atoms with E-state index in [-0.39, 0.29) is 12.7 Å².